The van der Waals surface area contributed by atoms with Gasteiger partial charge in [0.25, 0.3) is 0 Å². The summed E-state index contributed by atoms with van der Waals surface area (Å²) >= 11 is 5.85. The van der Waals surface area contributed by atoms with E-state index in [9.17, 15) is 4.39 Å². The predicted molar refractivity (Wildman–Crippen MR) is 83.9 cm³/mol. The van der Waals surface area contributed by atoms with Gasteiger partial charge < -0.3 is 5.73 Å². The molecule has 1 aromatic rings. The molecule has 3 nitrogen and oxygen atoms in total. The van der Waals surface area contributed by atoms with Gasteiger partial charge in [-0.25, -0.2) is 4.39 Å². The third kappa shape index (κ3) is 3.75. The van der Waals surface area contributed by atoms with Gasteiger partial charge in [-0.3, -0.25) is 9.80 Å². The van der Waals surface area contributed by atoms with Gasteiger partial charge in [0.1, 0.15) is 5.82 Å². The van der Waals surface area contributed by atoms with Crippen molar-refractivity contribution in [3.63, 3.8) is 0 Å². The summed E-state index contributed by atoms with van der Waals surface area (Å²) in [6.07, 6.45) is 3.44. The lowest BCUT2D eigenvalue weighted by molar-refractivity contribution is 0.151. The van der Waals surface area contributed by atoms with Crippen molar-refractivity contribution in [1.82, 2.24) is 9.80 Å². The molecule has 2 heterocycles. The SMILES string of the molecule is NC1CCN(C2CCN(Cc3ccc(F)c(Cl)c3)C2)CC1. The fourth-order valence-electron chi connectivity index (χ4n) is 3.43. The maximum atomic E-state index is 13.2. The van der Waals surface area contributed by atoms with Gasteiger partial charge in [-0.15, -0.1) is 0 Å². The lowest BCUT2D eigenvalue weighted by Gasteiger charge is -2.34. The third-order valence-corrected chi connectivity index (χ3v) is 5.02. The molecule has 3 rings (SSSR count). The summed E-state index contributed by atoms with van der Waals surface area (Å²) in [6.45, 7) is 5.29. The van der Waals surface area contributed by atoms with Crippen LogP contribution >= 0.6 is 11.6 Å². The third-order valence-electron chi connectivity index (χ3n) is 4.73. The highest BCUT2D eigenvalue weighted by atomic mass is 35.5. The second-order valence-electron chi connectivity index (χ2n) is 6.30. The molecule has 0 bridgehead atoms. The number of likely N-dealkylation sites (tertiary alicyclic amines) is 2. The van der Waals surface area contributed by atoms with Crippen LogP contribution in [0.3, 0.4) is 0 Å². The molecule has 1 unspecified atom stereocenters. The quantitative estimate of drug-likeness (QED) is 0.931. The van der Waals surface area contributed by atoms with Crippen LogP contribution in [0.1, 0.15) is 24.8 Å². The highest BCUT2D eigenvalue weighted by molar-refractivity contribution is 6.30. The van der Waals surface area contributed by atoms with E-state index in [0.717, 1.165) is 51.1 Å². The number of halogens is 2. The number of rotatable bonds is 3. The van der Waals surface area contributed by atoms with Crippen LogP contribution in [0, 0.1) is 5.82 Å². The van der Waals surface area contributed by atoms with Crippen LogP contribution < -0.4 is 5.73 Å². The Hall–Kier alpha value is -0.680. The van der Waals surface area contributed by atoms with Crippen LogP contribution in [-0.4, -0.2) is 48.1 Å². The molecule has 2 N–H and O–H groups in total. The highest BCUT2D eigenvalue weighted by Crippen LogP contribution is 2.23. The minimum Gasteiger partial charge on any atom is -0.328 e. The van der Waals surface area contributed by atoms with E-state index in [-0.39, 0.29) is 10.8 Å². The molecule has 0 amide bonds. The molecule has 2 aliphatic heterocycles. The molecule has 0 radical (unpaired) electrons. The smallest absolute Gasteiger partial charge is 0.141 e. The average molecular weight is 312 g/mol. The number of hydrogen-bond acceptors (Lipinski definition) is 3. The molecule has 2 fully saturated rings. The van der Waals surface area contributed by atoms with Gasteiger partial charge in [-0.1, -0.05) is 17.7 Å². The highest BCUT2D eigenvalue weighted by Gasteiger charge is 2.29. The number of nitrogens with zero attached hydrogens (tertiary/aromatic N) is 2. The lowest BCUT2D eigenvalue weighted by Crippen LogP contribution is -2.46. The first-order valence-electron chi connectivity index (χ1n) is 7.78. The molecular weight excluding hydrogens is 289 g/mol. The van der Waals surface area contributed by atoms with Crippen molar-refractivity contribution in [1.29, 1.82) is 0 Å². The summed E-state index contributed by atoms with van der Waals surface area (Å²) in [4.78, 5) is 5.02. The van der Waals surface area contributed by atoms with E-state index in [4.69, 9.17) is 17.3 Å². The Morgan fingerprint density at radius 2 is 1.95 bits per heavy atom. The zero-order valence-electron chi connectivity index (χ0n) is 12.3. The minimum atomic E-state index is -0.343. The molecular formula is C16H23ClFN3. The Balaban J connectivity index is 1.53. The minimum absolute atomic E-state index is 0.216. The van der Waals surface area contributed by atoms with Gasteiger partial charge in [0, 0.05) is 31.7 Å². The summed E-state index contributed by atoms with van der Waals surface area (Å²) < 4.78 is 13.2. The first-order chi connectivity index (χ1) is 10.1. The molecule has 2 aliphatic rings. The Morgan fingerprint density at radius 1 is 1.19 bits per heavy atom. The van der Waals surface area contributed by atoms with Crippen molar-refractivity contribution in [2.45, 2.75) is 37.9 Å². The lowest BCUT2D eigenvalue weighted by atomic mass is 10.0. The molecule has 0 spiro atoms. The zero-order chi connectivity index (χ0) is 14.8. The molecule has 5 heteroatoms. The van der Waals surface area contributed by atoms with E-state index in [1.54, 1.807) is 6.07 Å². The summed E-state index contributed by atoms with van der Waals surface area (Å²) in [6, 6.07) is 6.06. The fourth-order valence-corrected chi connectivity index (χ4v) is 3.64. The first-order valence-corrected chi connectivity index (χ1v) is 8.15. The van der Waals surface area contributed by atoms with Crippen LogP contribution in [0.2, 0.25) is 5.02 Å². The molecule has 0 aromatic heterocycles. The standard InChI is InChI=1S/C16H23ClFN3/c17-15-9-12(1-2-16(15)18)10-20-6-5-14(11-20)21-7-3-13(19)4-8-21/h1-2,9,13-14H,3-8,10-11,19H2. The predicted octanol–water partition coefficient (Wildman–Crippen LogP) is 2.48. The Bertz CT molecular complexity index is 488. The molecule has 21 heavy (non-hydrogen) atoms. The first kappa shape index (κ1) is 15.2. The Labute approximate surface area is 130 Å². The van der Waals surface area contributed by atoms with E-state index < -0.39 is 0 Å². The van der Waals surface area contributed by atoms with Crippen LogP contribution in [0.4, 0.5) is 4.39 Å². The van der Waals surface area contributed by atoms with Crippen molar-refractivity contribution in [3.05, 3.63) is 34.6 Å². The molecule has 1 atom stereocenters. The van der Waals surface area contributed by atoms with Gasteiger partial charge in [-0.2, -0.15) is 0 Å². The normalized spacial score (nSPS) is 25.6. The van der Waals surface area contributed by atoms with Crippen LogP contribution in [0.15, 0.2) is 18.2 Å². The average Bonchev–Trinajstić information content (AvgIpc) is 2.92. The van der Waals surface area contributed by atoms with Gasteiger partial charge in [-0.05, 0) is 50.0 Å². The second kappa shape index (κ2) is 6.61. The van der Waals surface area contributed by atoms with E-state index in [1.807, 2.05) is 6.07 Å². The molecule has 2 saturated heterocycles. The largest absolute Gasteiger partial charge is 0.328 e. The van der Waals surface area contributed by atoms with Crippen LogP contribution in [-0.2, 0) is 6.54 Å². The van der Waals surface area contributed by atoms with Crippen molar-refractivity contribution >= 4 is 11.6 Å². The number of nitrogens with two attached hydrogens (primary N) is 1. The topological polar surface area (TPSA) is 32.5 Å². The number of benzene rings is 1. The van der Waals surface area contributed by atoms with E-state index in [0.29, 0.717) is 12.1 Å². The number of hydrogen-bond donors (Lipinski definition) is 1. The van der Waals surface area contributed by atoms with E-state index in [2.05, 4.69) is 9.80 Å². The van der Waals surface area contributed by atoms with Crippen LogP contribution in [0.25, 0.3) is 0 Å². The summed E-state index contributed by atoms with van der Waals surface area (Å²) in [5, 5.41) is 0.216. The summed E-state index contributed by atoms with van der Waals surface area (Å²) in [5.74, 6) is -0.343. The zero-order valence-corrected chi connectivity index (χ0v) is 13.0. The van der Waals surface area contributed by atoms with Crippen molar-refractivity contribution in [2.75, 3.05) is 26.2 Å². The maximum Gasteiger partial charge on any atom is 0.141 e. The van der Waals surface area contributed by atoms with E-state index in [1.165, 1.54) is 12.5 Å². The second-order valence-corrected chi connectivity index (χ2v) is 6.71. The van der Waals surface area contributed by atoms with Gasteiger partial charge in [0.05, 0.1) is 5.02 Å². The Morgan fingerprint density at radius 3 is 2.67 bits per heavy atom. The fraction of sp³-hybridized carbons (Fsp3) is 0.625. The van der Waals surface area contributed by atoms with E-state index >= 15 is 0 Å². The maximum absolute atomic E-state index is 13.2. The van der Waals surface area contributed by atoms with Crippen LogP contribution in [0.5, 0.6) is 0 Å². The van der Waals surface area contributed by atoms with Crippen molar-refractivity contribution in [2.24, 2.45) is 5.73 Å². The summed E-state index contributed by atoms with van der Waals surface area (Å²) in [5.41, 5.74) is 7.06. The summed E-state index contributed by atoms with van der Waals surface area (Å²) in [7, 11) is 0. The Kier molecular flexibility index (Phi) is 4.79. The number of piperidine rings is 1. The molecule has 0 saturated carbocycles. The van der Waals surface area contributed by atoms with Gasteiger partial charge in [0.15, 0.2) is 0 Å². The monoisotopic (exact) mass is 311 g/mol. The molecule has 116 valence electrons. The molecule has 0 aliphatic carbocycles. The van der Waals surface area contributed by atoms with Gasteiger partial charge >= 0.3 is 0 Å². The van der Waals surface area contributed by atoms with Crippen molar-refractivity contribution < 1.29 is 4.39 Å². The van der Waals surface area contributed by atoms with Crippen molar-refractivity contribution in [3.8, 4) is 0 Å². The molecule has 1 aromatic carbocycles. The van der Waals surface area contributed by atoms with Gasteiger partial charge in [0.2, 0.25) is 0 Å².